The standard InChI is InChI=1S/C14H17FO4/c1-18-12-4-3-10(7-11(12)15)8-14(13(16)17)5-2-6-19-9-14/h3-4,7H,2,5-6,8-9H2,1H3,(H,16,17). The molecule has 4 nitrogen and oxygen atoms in total. The molecule has 1 unspecified atom stereocenters. The van der Waals surface area contributed by atoms with Gasteiger partial charge in [-0.15, -0.1) is 0 Å². The summed E-state index contributed by atoms with van der Waals surface area (Å²) in [5.74, 6) is -1.20. The number of aliphatic carboxylic acids is 1. The van der Waals surface area contributed by atoms with E-state index >= 15 is 0 Å². The molecule has 0 saturated carbocycles. The normalized spacial score (nSPS) is 23.1. The molecule has 0 spiro atoms. The zero-order chi connectivity index (χ0) is 13.9. The first kappa shape index (κ1) is 13.8. The minimum atomic E-state index is -0.945. The molecule has 1 heterocycles. The van der Waals surface area contributed by atoms with E-state index in [-0.39, 0.29) is 18.8 Å². The van der Waals surface area contributed by atoms with Crippen molar-refractivity contribution >= 4 is 5.97 Å². The topological polar surface area (TPSA) is 55.8 Å². The summed E-state index contributed by atoms with van der Waals surface area (Å²) in [4.78, 5) is 11.5. The predicted octanol–water partition coefficient (Wildman–Crippen LogP) is 2.26. The van der Waals surface area contributed by atoms with Gasteiger partial charge in [-0.1, -0.05) is 6.07 Å². The smallest absolute Gasteiger partial charge is 0.312 e. The van der Waals surface area contributed by atoms with Gasteiger partial charge in [0.05, 0.1) is 19.1 Å². The minimum Gasteiger partial charge on any atom is -0.494 e. The fraction of sp³-hybridized carbons (Fsp3) is 0.500. The van der Waals surface area contributed by atoms with Gasteiger partial charge in [0.15, 0.2) is 11.6 Å². The number of halogens is 1. The van der Waals surface area contributed by atoms with Gasteiger partial charge in [0.2, 0.25) is 0 Å². The lowest BCUT2D eigenvalue weighted by Gasteiger charge is -2.33. The van der Waals surface area contributed by atoms with Gasteiger partial charge in [0, 0.05) is 6.61 Å². The maximum atomic E-state index is 13.6. The van der Waals surface area contributed by atoms with Crippen LogP contribution in [0.3, 0.4) is 0 Å². The lowest BCUT2D eigenvalue weighted by atomic mass is 9.77. The predicted molar refractivity (Wildman–Crippen MR) is 66.8 cm³/mol. The third-order valence-electron chi connectivity index (χ3n) is 3.53. The van der Waals surface area contributed by atoms with E-state index < -0.39 is 17.2 Å². The summed E-state index contributed by atoms with van der Waals surface area (Å²) in [7, 11) is 1.39. The first-order valence-corrected chi connectivity index (χ1v) is 6.21. The molecule has 1 saturated heterocycles. The number of rotatable bonds is 4. The van der Waals surface area contributed by atoms with E-state index in [4.69, 9.17) is 9.47 Å². The van der Waals surface area contributed by atoms with E-state index in [1.165, 1.54) is 19.2 Å². The molecule has 19 heavy (non-hydrogen) atoms. The number of carboxylic acids is 1. The molecular weight excluding hydrogens is 251 g/mol. The van der Waals surface area contributed by atoms with Crippen LogP contribution in [0.4, 0.5) is 4.39 Å². The van der Waals surface area contributed by atoms with Crippen LogP contribution >= 0.6 is 0 Å². The zero-order valence-corrected chi connectivity index (χ0v) is 10.8. The fourth-order valence-electron chi connectivity index (χ4n) is 2.45. The molecule has 0 radical (unpaired) electrons. The Morgan fingerprint density at radius 3 is 2.89 bits per heavy atom. The third-order valence-corrected chi connectivity index (χ3v) is 3.53. The highest BCUT2D eigenvalue weighted by Gasteiger charge is 2.40. The second-order valence-corrected chi connectivity index (χ2v) is 4.89. The van der Waals surface area contributed by atoms with Gasteiger partial charge >= 0.3 is 5.97 Å². The maximum absolute atomic E-state index is 13.6. The van der Waals surface area contributed by atoms with Crippen molar-refractivity contribution in [3.05, 3.63) is 29.6 Å². The van der Waals surface area contributed by atoms with Gasteiger partial charge in [0.25, 0.3) is 0 Å². The highest BCUT2D eigenvalue weighted by Crippen LogP contribution is 2.33. The van der Waals surface area contributed by atoms with Crippen molar-refractivity contribution in [1.82, 2.24) is 0 Å². The molecule has 0 aromatic heterocycles. The average molecular weight is 268 g/mol. The molecule has 1 fully saturated rings. The summed E-state index contributed by atoms with van der Waals surface area (Å²) in [6.07, 6.45) is 1.53. The highest BCUT2D eigenvalue weighted by atomic mass is 19.1. The molecule has 1 aliphatic heterocycles. The van der Waals surface area contributed by atoms with E-state index in [9.17, 15) is 14.3 Å². The molecule has 0 bridgehead atoms. The van der Waals surface area contributed by atoms with Crippen LogP contribution in [0.25, 0.3) is 0 Å². The van der Waals surface area contributed by atoms with E-state index in [0.717, 1.165) is 0 Å². The summed E-state index contributed by atoms with van der Waals surface area (Å²) in [5, 5.41) is 9.42. The van der Waals surface area contributed by atoms with Crippen molar-refractivity contribution < 1.29 is 23.8 Å². The molecule has 1 N–H and O–H groups in total. The summed E-state index contributed by atoms with van der Waals surface area (Å²) in [6.45, 7) is 0.766. The zero-order valence-electron chi connectivity index (χ0n) is 10.8. The lowest BCUT2D eigenvalue weighted by Crippen LogP contribution is -2.41. The number of methoxy groups -OCH3 is 1. The van der Waals surface area contributed by atoms with Crippen LogP contribution < -0.4 is 4.74 Å². The number of ether oxygens (including phenoxy) is 2. The Morgan fingerprint density at radius 1 is 1.58 bits per heavy atom. The average Bonchev–Trinajstić information content (AvgIpc) is 2.40. The molecule has 1 aliphatic rings. The van der Waals surface area contributed by atoms with Crippen LogP contribution in [0, 0.1) is 11.2 Å². The SMILES string of the molecule is COc1ccc(CC2(C(=O)O)CCCOC2)cc1F. The van der Waals surface area contributed by atoms with Crippen LogP contribution in [0.15, 0.2) is 18.2 Å². The van der Waals surface area contributed by atoms with Crippen LogP contribution in [-0.4, -0.2) is 31.4 Å². The first-order valence-electron chi connectivity index (χ1n) is 6.21. The summed E-state index contributed by atoms with van der Waals surface area (Å²) < 4.78 is 23.8. The van der Waals surface area contributed by atoms with Gasteiger partial charge in [-0.3, -0.25) is 4.79 Å². The quantitative estimate of drug-likeness (QED) is 0.910. The molecule has 0 amide bonds. The molecular formula is C14H17FO4. The monoisotopic (exact) mass is 268 g/mol. The Bertz CT molecular complexity index is 467. The van der Waals surface area contributed by atoms with E-state index in [1.807, 2.05) is 0 Å². The van der Waals surface area contributed by atoms with Crippen molar-refractivity contribution in [2.45, 2.75) is 19.3 Å². The van der Waals surface area contributed by atoms with Crippen LogP contribution in [0.1, 0.15) is 18.4 Å². The van der Waals surface area contributed by atoms with Crippen molar-refractivity contribution in [3.63, 3.8) is 0 Å². The summed E-state index contributed by atoms with van der Waals surface area (Å²) >= 11 is 0. The van der Waals surface area contributed by atoms with Crippen molar-refractivity contribution in [1.29, 1.82) is 0 Å². The molecule has 0 aliphatic carbocycles. The maximum Gasteiger partial charge on any atom is 0.312 e. The van der Waals surface area contributed by atoms with E-state index in [0.29, 0.717) is 25.0 Å². The Morgan fingerprint density at radius 2 is 2.37 bits per heavy atom. The number of hydrogen-bond donors (Lipinski definition) is 1. The molecule has 104 valence electrons. The van der Waals surface area contributed by atoms with Crippen molar-refractivity contribution in [3.8, 4) is 5.75 Å². The largest absolute Gasteiger partial charge is 0.494 e. The summed E-state index contributed by atoms with van der Waals surface area (Å²) in [5.41, 5.74) is -0.301. The van der Waals surface area contributed by atoms with Crippen LogP contribution in [-0.2, 0) is 16.0 Å². The second kappa shape index (κ2) is 5.57. The van der Waals surface area contributed by atoms with Gasteiger partial charge < -0.3 is 14.6 Å². The Labute approximate surface area is 111 Å². The molecule has 2 rings (SSSR count). The Hall–Kier alpha value is -1.62. The third kappa shape index (κ3) is 2.87. The number of benzene rings is 1. The van der Waals surface area contributed by atoms with Gasteiger partial charge in [-0.05, 0) is 37.0 Å². The van der Waals surface area contributed by atoms with Crippen molar-refractivity contribution in [2.75, 3.05) is 20.3 Å². The molecule has 1 aromatic carbocycles. The van der Waals surface area contributed by atoms with Crippen LogP contribution in [0.2, 0.25) is 0 Å². The first-order chi connectivity index (χ1) is 9.07. The molecule has 1 aromatic rings. The second-order valence-electron chi connectivity index (χ2n) is 4.89. The van der Waals surface area contributed by atoms with Gasteiger partial charge in [0.1, 0.15) is 0 Å². The van der Waals surface area contributed by atoms with E-state index in [1.54, 1.807) is 6.07 Å². The lowest BCUT2D eigenvalue weighted by molar-refractivity contribution is -0.157. The van der Waals surface area contributed by atoms with Crippen LogP contribution in [0.5, 0.6) is 5.75 Å². The highest BCUT2D eigenvalue weighted by molar-refractivity contribution is 5.75. The van der Waals surface area contributed by atoms with E-state index in [2.05, 4.69) is 0 Å². The van der Waals surface area contributed by atoms with Gasteiger partial charge in [-0.25, -0.2) is 4.39 Å². The number of carbonyl (C=O) groups is 1. The summed E-state index contributed by atoms with van der Waals surface area (Å²) in [6, 6.07) is 4.54. The Balaban J connectivity index is 2.22. The van der Waals surface area contributed by atoms with Crippen molar-refractivity contribution in [2.24, 2.45) is 5.41 Å². The molecule has 5 heteroatoms. The number of hydrogen-bond acceptors (Lipinski definition) is 3. The minimum absolute atomic E-state index is 0.160. The molecule has 1 atom stereocenters. The Kier molecular flexibility index (Phi) is 4.04. The van der Waals surface area contributed by atoms with Gasteiger partial charge in [-0.2, -0.15) is 0 Å². The fourth-order valence-corrected chi connectivity index (χ4v) is 2.45. The number of carboxylic acid groups (broad SMARTS) is 1.